The Bertz CT molecular complexity index is 465. The van der Waals surface area contributed by atoms with E-state index in [0.717, 1.165) is 32.5 Å². The molecule has 2 aliphatic rings. The number of hydrogen-bond donors (Lipinski definition) is 2. The number of likely N-dealkylation sites (tertiary alicyclic amines) is 1. The Morgan fingerprint density at radius 2 is 1.65 bits per heavy atom. The van der Waals surface area contributed by atoms with E-state index in [1.165, 1.54) is 43.2 Å². The van der Waals surface area contributed by atoms with E-state index in [1.807, 2.05) is 0 Å². The molecular weight excluding hydrogens is 284 g/mol. The van der Waals surface area contributed by atoms with E-state index in [9.17, 15) is 5.11 Å². The van der Waals surface area contributed by atoms with Gasteiger partial charge in [-0.2, -0.15) is 0 Å². The first-order valence-corrected chi connectivity index (χ1v) is 9.49. The summed E-state index contributed by atoms with van der Waals surface area (Å²) in [6.07, 6.45) is 8.09. The minimum absolute atomic E-state index is 0.0923. The Kier molecular flexibility index (Phi) is 6.09. The molecule has 3 rings (SSSR count). The molecule has 2 unspecified atom stereocenters. The van der Waals surface area contributed by atoms with Gasteiger partial charge in [0.05, 0.1) is 6.10 Å². The van der Waals surface area contributed by atoms with Crippen LogP contribution in [0.2, 0.25) is 0 Å². The number of aryl methyl sites for hydroxylation is 1. The topological polar surface area (TPSA) is 35.5 Å². The van der Waals surface area contributed by atoms with Gasteiger partial charge in [0.1, 0.15) is 0 Å². The highest BCUT2D eigenvalue weighted by atomic mass is 16.3. The number of aliphatic hydroxyl groups excluding tert-OH is 1. The first kappa shape index (κ1) is 16.9. The van der Waals surface area contributed by atoms with E-state index < -0.39 is 0 Å². The highest BCUT2D eigenvalue weighted by Gasteiger charge is 2.31. The quantitative estimate of drug-likeness (QED) is 0.876. The van der Waals surface area contributed by atoms with E-state index in [1.54, 1.807) is 0 Å². The summed E-state index contributed by atoms with van der Waals surface area (Å²) in [5, 5.41) is 13.9. The Morgan fingerprint density at radius 3 is 2.30 bits per heavy atom. The molecule has 2 atom stereocenters. The second kappa shape index (κ2) is 8.27. The first-order chi connectivity index (χ1) is 11.3. The molecule has 0 radical (unpaired) electrons. The van der Waals surface area contributed by atoms with E-state index in [-0.39, 0.29) is 6.10 Å². The van der Waals surface area contributed by atoms with E-state index in [4.69, 9.17) is 0 Å². The lowest BCUT2D eigenvalue weighted by Gasteiger charge is -2.41. The fraction of sp³-hybridized carbons (Fsp3) is 0.700. The SMILES string of the molecule is CCc1ccc(CNC2CCN(C3CCCCC3O)CC2)cc1. The van der Waals surface area contributed by atoms with E-state index >= 15 is 0 Å². The third kappa shape index (κ3) is 4.56. The van der Waals surface area contributed by atoms with Crippen molar-refractivity contribution in [3.8, 4) is 0 Å². The van der Waals surface area contributed by atoms with Crippen molar-refractivity contribution in [1.82, 2.24) is 10.2 Å². The fourth-order valence-electron chi connectivity index (χ4n) is 4.11. The zero-order chi connectivity index (χ0) is 16.1. The van der Waals surface area contributed by atoms with Crippen molar-refractivity contribution in [3.63, 3.8) is 0 Å². The molecule has 1 heterocycles. The Morgan fingerprint density at radius 1 is 1.00 bits per heavy atom. The maximum atomic E-state index is 10.2. The molecule has 1 saturated heterocycles. The predicted molar refractivity (Wildman–Crippen MR) is 95.5 cm³/mol. The molecule has 1 aromatic rings. The van der Waals surface area contributed by atoms with Crippen LogP contribution in [0.15, 0.2) is 24.3 Å². The average Bonchev–Trinajstić information content (AvgIpc) is 2.61. The molecule has 0 bridgehead atoms. The third-order valence-corrected chi connectivity index (χ3v) is 5.72. The van der Waals surface area contributed by atoms with Crippen LogP contribution in [0.3, 0.4) is 0 Å². The largest absolute Gasteiger partial charge is 0.391 e. The van der Waals surface area contributed by atoms with Crippen LogP contribution in [0.25, 0.3) is 0 Å². The van der Waals surface area contributed by atoms with Crippen molar-refractivity contribution in [2.45, 2.75) is 76.6 Å². The minimum atomic E-state index is -0.0923. The molecule has 1 aromatic carbocycles. The second-order valence-electron chi connectivity index (χ2n) is 7.28. The van der Waals surface area contributed by atoms with Gasteiger partial charge in [-0.15, -0.1) is 0 Å². The molecule has 1 saturated carbocycles. The summed E-state index contributed by atoms with van der Waals surface area (Å²) in [6.45, 7) is 5.44. The van der Waals surface area contributed by atoms with Crippen molar-refractivity contribution in [3.05, 3.63) is 35.4 Å². The number of hydrogen-bond acceptors (Lipinski definition) is 3. The molecule has 1 aliphatic carbocycles. The minimum Gasteiger partial charge on any atom is -0.391 e. The van der Waals surface area contributed by atoms with Gasteiger partial charge in [0.25, 0.3) is 0 Å². The highest BCUT2D eigenvalue weighted by Crippen LogP contribution is 2.26. The number of nitrogens with zero attached hydrogens (tertiary/aromatic N) is 1. The lowest BCUT2D eigenvalue weighted by atomic mass is 9.89. The molecule has 0 amide bonds. The van der Waals surface area contributed by atoms with Crippen molar-refractivity contribution in [2.24, 2.45) is 0 Å². The second-order valence-corrected chi connectivity index (χ2v) is 7.28. The molecule has 23 heavy (non-hydrogen) atoms. The van der Waals surface area contributed by atoms with Crippen molar-refractivity contribution >= 4 is 0 Å². The zero-order valence-corrected chi connectivity index (χ0v) is 14.5. The number of rotatable bonds is 5. The summed E-state index contributed by atoms with van der Waals surface area (Å²) in [7, 11) is 0. The van der Waals surface area contributed by atoms with Crippen molar-refractivity contribution < 1.29 is 5.11 Å². The van der Waals surface area contributed by atoms with Gasteiger partial charge in [0, 0.05) is 31.7 Å². The molecule has 128 valence electrons. The molecule has 0 spiro atoms. The normalized spacial score (nSPS) is 27.2. The van der Waals surface area contributed by atoms with Gasteiger partial charge in [-0.1, -0.05) is 44.0 Å². The van der Waals surface area contributed by atoms with Gasteiger partial charge in [0.2, 0.25) is 0 Å². The molecule has 3 nitrogen and oxygen atoms in total. The number of nitrogens with one attached hydrogen (secondary N) is 1. The zero-order valence-electron chi connectivity index (χ0n) is 14.5. The smallest absolute Gasteiger partial charge is 0.0695 e. The maximum Gasteiger partial charge on any atom is 0.0695 e. The number of benzene rings is 1. The maximum absolute atomic E-state index is 10.2. The first-order valence-electron chi connectivity index (χ1n) is 9.49. The monoisotopic (exact) mass is 316 g/mol. The summed E-state index contributed by atoms with van der Waals surface area (Å²) in [6, 6.07) is 10.0. The molecule has 2 N–H and O–H groups in total. The van der Waals surface area contributed by atoms with Crippen molar-refractivity contribution in [1.29, 1.82) is 0 Å². The third-order valence-electron chi connectivity index (χ3n) is 5.72. The average molecular weight is 316 g/mol. The van der Waals surface area contributed by atoms with Crippen LogP contribution in [0.4, 0.5) is 0 Å². The Hall–Kier alpha value is -0.900. The molecule has 1 aliphatic heterocycles. The van der Waals surface area contributed by atoms with E-state index in [0.29, 0.717) is 12.1 Å². The van der Waals surface area contributed by atoms with Gasteiger partial charge in [0.15, 0.2) is 0 Å². The molecular formula is C20H32N2O. The Labute approximate surface area is 141 Å². The van der Waals surface area contributed by atoms with Crippen LogP contribution in [0.1, 0.15) is 56.6 Å². The summed E-state index contributed by atoms with van der Waals surface area (Å²) in [4.78, 5) is 2.54. The van der Waals surface area contributed by atoms with Crippen LogP contribution < -0.4 is 5.32 Å². The Balaban J connectivity index is 1.42. The lowest BCUT2D eigenvalue weighted by molar-refractivity contribution is 0.00714. The van der Waals surface area contributed by atoms with Crippen LogP contribution in [-0.4, -0.2) is 41.3 Å². The van der Waals surface area contributed by atoms with Gasteiger partial charge in [-0.3, -0.25) is 4.90 Å². The van der Waals surface area contributed by atoms with Gasteiger partial charge >= 0.3 is 0 Å². The summed E-state index contributed by atoms with van der Waals surface area (Å²) < 4.78 is 0. The summed E-state index contributed by atoms with van der Waals surface area (Å²) in [5.41, 5.74) is 2.79. The van der Waals surface area contributed by atoms with Crippen LogP contribution in [0, 0.1) is 0 Å². The van der Waals surface area contributed by atoms with Crippen LogP contribution in [0.5, 0.6) is 0 Å². The lowest BCUT2D eigenvalue weighted by Crippen LogP contribution is -2.51. The van der Waals surface area contributed by atoms with E-state index in [2.05, 4.69) is 41.4 Å². The fourth-order valence-corrected chi connectivity index (χ4v) is 4.11. The standard InChI is InChI=1S/C20H32N2O/c1-2-16-7-9-17(10-8-16)15-21-18-11-13-22(14-12-18)19-5-3-4-6-20(19)23/h7-10,18-21,23H,2-6,11-15H2,1H3. The molecule has 0 aromatic heterocycles. The summed E-state index contributed by atoms with van der Waals surface area (Å²) >= 11 is 0. The van der Waals surface area contributed by atoms with Gasteiger partial charge in [-0.05, 0) is 43.2 Å². The van der Waals surface area contributed by atoms with Gasteiger partial charge < -0.3 is 10.4 Å². The van der Waals surface area contributed by atoms with Crippen LogP contribution >= 0.6 is 0 Å². The van der Waals surface area contributed by atoms with Crippen LogP contribution in [-0.2, 0) is 13.0 Å². The van der Waals surface area contributed by atoms with Crippen molar-refractivity contribution in [2.75, 3.05) is 13.1 Å². The molecule has 3 heteroatoms. The summed E-state index contributed by atoms with van der Waals surface area (Å²) in [5.74, 6) is 0. The van der Waals surface area contributed by atoms with Gasteiger partial charge in [-0.25, -0.2) is 0 Å². The highest BCUT2D eigenvalue weighted by molar-refractivity contribution is 5.22. The molecule has 2 fully saturated rings. The number of aliphatic hydroxyl groups is 1. The predicted octanol–water partition coefficient (Wildman–Crippen LogP) is 3.11. The number of piperidine rings is 1.